The molecule has 0 bridgehead atoms. The summed E-state index contributed by atoms with van der Waals surface area (Å²) in [7, 11) is 0. The van der Waals surface area contributed by atoms with Crippen LogP contribution >= 0.6 is 0 Å². The number of aromatic nitrogens is 3. The summed E-state index contributed by atoms with van der Waals surface area (Å²) in [5, 5.41) is 14.6. The van der Waals surface area contributed by atoms with Gasteiger partial charge in [-0.2, -0.15) is 5.10 Å². The number of hydrogen-bond donors (Lipinski definition) is 2. The summed E-state index contributed by atoms with van der Waals surface area (Å²) >= 11 is 0. The third-order valence-electron chi connectivity index (χ3n) is 7.43. The number of amides is 1. The lowest BCUT2D eigenvalue weighted by Gasteiger charge is -2.23. The first-order chi connectivity index (χ1) is 21.3. The molecular weight excluding hydrogens is 567 g/mol. The molecule has 0 spiro atoms. The van der Waals surface area contributed by atoms with Gasteiger partial charge in [0.2, 0.25) is 5.91 Å². The third kappa shape index (κ3) is 5.64. The number of nitrogens with zero attached hydrogens (tertiary/aromatic N) is 3. The van der Waals surface area contributed by atoms with Crippen molar-refractivity contribution in [2.24, 2.45) is 5.73 Å². The number of carboxylic acids is 1. The molecule has 6 rings (SSSR count). The Kier molecular flexibility index (Phi) is 7.86. The van der Waals surface area contributed by atoms with Gasteiger partial charge < -0.3 is 20.3 Å². The Morgan fingerprint density at radius 3 is 2.52 bits per heavy atom. The molecule has 0 radical (unpaired) electrons. The zero-order valence-electron chi connectivity index (χ0n) is 23.4. The van der Waals surface area contributed by atoms with Crippen LogP contribution in [0.25, 0.3) is 33.5 Å². The smallest absolute Gasteiger partial charge is 0.338 e. The van der Waals surface area contributed by atoms with Gasteiger partial charge in [0.15, 0.2) is 11.9 Å². The predicted molar refractivity (Wildman–Crippen MR) is 158 cm³/mol. The molecule has 11 heteroatoms. The number of fused-ring (bicyclic) bond motifs is 1. The molecule has 1 atom stereocenters. The van der Waals surface area contributed by atoms with E-state index in [9.17, 15) is 23.9 Å². The third-order valence-corrected chi connectivity index (χ3v) is 7.43. The van der Waals surface area contributed by atoms with E-state index in [1.165, 1.54) is 12.1 Å². The summed E-state index contributed by atoms with van der Waals surface area (Å²) in [5.74, 6) is -3.65. The van der Waals surface area contributed by atoms with Gasteiger partial charge in [0.25, 0.3) is 0 Å². The number of hydrogen-bond acceptors (Lipinski definition) is 7. The molecule has 5 aromatic rings. The van der Waals surface area contributed by atoms with Crippen molar-refractivity contribution in [3.63, 3.8) is 0 Å². The van der Waals surface area contributed by atoms with Crippen molar-refractivity contribution in [3.8, 4) is 22.5 Å². The highest BCUT2D eigenvalue weighted by molar-refractivity contribution is 6.11. The minimum Gasteiger partial charge on any atom is -0.478 e. The Hall–Kier alpha value is -5.42. The maximum absolute atomic E-state index is 14.2. The number of carboxylic acid groups (broad SMARTS) is 1. The molecule has 2 aromatic heterocycles. The van der Waals surface area contributed by atoms with Gasteiger partial charge in [-0.15, -0.1) is 0 Å². The summed E-state index contributed by atoms with van der Waals surface area (Å²) in [4.78, 5) is 42.2. The Morgan fingerprint density at radius 1 is 0.977 bits per heavy atom. The van der Waals surface area contributed by atoms with Gasteiger partial charge in [0, 0.05) is 17.7 Å². The second kappa shape index (κ2) is 12.1. The number of nitrogens with two attached hydrogens (primary N) is 1. The molecule has 1 aliphatic heterocycles. The van der Waals surface area contributed by atoms with E-state index in [2.05, 4.69) is 0 Å². The van der Waals surface area contributed by atoms with E-state index in [0.717, 1.165) is 30.5 Å². The predicted octanol–water partition coefficient (Wildman–Crippen LogP) is 5.76. The van der Waals surface area contributed by atoms with Crippen LogP contribution < -0.4 is 5.73 Å². The van der Waals surface area contributed by atoms with Crippen LogP contribution in [0, 0.1) is 5.82 Å². The lowest BCUT2D eigenvalue weighted by Crippen LogP contribution is -2.20. The van der Waals surface area contributed by atoms with Crippen LogP contribution in [-0.4, -0.2) is 44.3 Å². The van der Waals surface area contributed by atoms with Gasteiger partial charge >= 0.3 is 11.9 Å². The topological polar surface area (TPSA) is 147 Å². The molecule has 10 nitrogen and oxygen atoms in total. The van der Waals surface area contributed by atoms with Crippen molar-refractivity contribution in [2.45, 2.75) is 32.1 Å². The summed E-state index contributed by atoms with van der Waals surface area (Å²) in [5.41, 5.74) is 8.16. The number of rotatable bonds is 8. The number of carbonyl (C=O) groups is 3. The summed E-state index contributed by atoms with van der Waals surface area (Å²) in [6, 6.07) is 21.0. The SMILES string of the molecule is NC(=O)c1cc(-c2ccc(F)c(C(=O)O)c2)nc2c1c(-c1cccc(C(=O)OCc3ccccc3)c1)nn2C1CCCCO1. The van der Waals surface area contributed by atoms with Crippen molar-refractivity contribution in [1.82, 2.24) is 14.8 Å². The molecular formula is C33H27FN4O6. The van der Waals surface area contributed by atoms with Crippen LogP contribution in [0.2, 0.25) is 0 Å². The Labute approximate surface area is 250 Å². The Bertz CT molecular complexity index is 1900. The molecule has 3 aromatic carbocycles. The fourth-order valence-corrected chi connectivity index (χ4v) is 5.25. The van der Waals surface area contributed by atoms with Crippen LogP contribution in [0.1, 0.15) is 62.1 Å². The number of pyridine rings is 1. The van der Waals surface area contributed by atoms with Crippen LogP contribution in [0.5, 0.6) is 0 Å². The highest BCUT2D eigenvalue weighted by Crippen LogP contribution is 2.36. The number of esters is 1. The van der Waals surface area contributed by atoms with Gasteiger partial charge in [-0.05, 0) is 61.2 Å². The molecule has 1 amide bonds. The van der Waals surface area contributed by atoms with Crippen molar-refractivity contribution >= 4 is 28.9 Å². The van der Waals surface area contributed by atoms with Gasteiger partial charge in [0.1, 0.15) is 18.1 Å². The van der Waals surface area contributed by atoms with E-state index in [-0.39, 0.29) is 34.6 Å². The average Bonchev–Trinajstić information content (AvgIpc) is 3.44. The lowest BCUT2D eigenvalue weighted by molar-refractivity contribution is -0.0368. The van der Waals surface area contributed by atoms with E-state index in [0.29, 0.717) is 29.7 Å². The zero-order chi connectivity index (χ0) is 30.8. The van der Waals surface area contributed by atoms with Crippen LogP contribution in [0.3, 0.4) is 0 Å². The van der Waals surface area contributed by atoms with E-state index >= 15 is 0 Å². The van der Waals surface area contributed by atoms with Crippen LogP contribution in [0.4, 0.5) is 4.39 Å². The van der Waals surface area contributed by atoms with Crippen LogP contribution in [-0.2, 0) is 16.1 Å². The number of benzene rings is 3. The molecule has 0 saturated carbocycles. The maximum Gasteiger partial charge on any atom is 0.338 e. The molecule has 1 unspecified atom stereocenters. The Balaban J connectivity index is 1.48. The van der Waals surface area contributed by atoms with E-state index < -0.39 is 35.5 Å². The highest BCUT2D eigenvalue weighted by Gasteiger charge is 2.27. The van der Waals surface area contributed by atoms with Crippen molar-refractivity contribution in [2.75, 3.05) is 6.61 Å². The number of carbonyl (C=O) groups excluding carboxylic acids is 2. The van der Waals surface area contributed by atoms with Crippen molar-refractivity contribution in [3.05, 3.63) is 107 Å². The van der Waals surface area contributed by atoms with Gasteiger partial charge in [0.05, 0.1) is 27.8 Å². The minimum atomic E-state index is -1.44. The first-order valence-corrected chi connectivity index (χ1v) is 14.0. The molecule has 1 aliphatic rings. The van der Waals surface area contributed by atoms with Crippen LogP contribution in [0.15, 0.2) is 78.9 Å². The van der Waals surface area contributed by atoms with E-state index in [1.54, 1.807) is 28.9 Å². The first-order valence-electron chi connectivity index (χ1n) is 14.0. The minimum absolute atomic E-state index is 0.0697. The van der Waals surface area contributed by atoms with E-state index in [1.807, 2.05) is 30.3 Å². The first kappa shape index (κ1) is 28.7. The molecule has 44 heavy (non-hydrogen) atoms. The number of ether oxygens (including phenoxy) is 2. The number of aromatic carboxylic acids is 1. The lowest BCUT2D eigenvalue weighted by atomic mass is 10.00. The van der Waals surface area contributed by atoms with Gasteiger partial charge in [-0.3, -0.25) is 4.79 Å². The largest absolute Gasteiger partial charge is 0.478 e. The Morgan fingerprint density at radius 2 is 1.80 bits per heavy atom. The zero-order valence-corrected chi connectivity index (χ0v) is 23.4. The van der Waals surface area contributed by atoms with Crippen molar-refractivity contribution in [1.29, 1.82) is 0 Å². The standard InChI is InChI=1S/C33H27FN4O6/c34-25-13-12-20(16-23(25)32(40)41)26-17-24(30(35)39)28-29(37-38(31(28)36-26)27-11-4-5-14-43-27)21-9-6-10-22(15-21)33(42)44-18-19-7-2-1-3-8-19/h1-3,6-10,12-13,15-17,27H,4-5,11,14,18H2,(H2,35,39)(H,40,41). The second-order valence-electron chi connectivity index (χ2n) is 10.4. The second-order valence-corrected chi connectivity index (χ2v) is 10.4. The molecule has 0 aliphatic carbocycles. The summed E-state index contributed by atoms with van der Waals surface area (Å²) in [6.07, 6.45) is 1.91. The molecule has 3 heterocycles. The normalized spacial score (nSPS) is 14.8. The monoisotopic (exact) mass is 594 g/mol. The molecule has 1 fully saturated rings. The van der Waals surface area contributed by atoms with Crippen molar-refractivity contribution < 1.29 is 33.4 Å². The molecule has 1 saturated heterocycles. The number of primary amides is 1. The summed E-state index contributed by atoms with van der Waals surface area (Å²) < 4.78 is 27.3. The fourth-order valence-electron chi connectivity index (χ4n) is 5.25. The number of halogens is 1. The highest BCUT2D eigenvalue weighted by atomic mass is 19.1. The average molecular weight is 595 g/mol. The quantitative estimate of drug-likeness (QED) is 0.216. The molecule has 222 valence electrons. The summed E-state index contributed by atoms with van der Waals surface area (Å²) in [6.45, 7) is 0.609. The maximum atomic E-state index is 14.2. The molecule has 3 N–H and O–H groups in total. The van der Waals surface area contributed by atoms with E-state index in [4.69, 9.17) is 25.3 Å². The van der Waals surface area contributed by atoms with Gasteiger partial charge in [-0.1, -0.05) is 42.5 Å². The van der Waals surface area contributed by atoms with Gasteiger partial charge in [-0.25, -0.2) is 23.6 Å². The fraction of sp³-hybridized carbons (Fsp3) is 0.182.